The molecule has 1 aliphatic heterocycles. The summed E-state index contributed by atoms with van der Waals surface area (Å²) in [6, 6.07) is 10.2. The van der Waals surface area contributed by atoms with Crippen LogP contribution in [0.15, 0.2) is 47.2 Å². The smallest absolute Gasteiger partial charge is 0.233 e. The molecule has 0 saturated carbocycles. The Hall–Kier alpha value is -2.65. The highest BCUT2D eigenvalue weighted by Crippen LogP contribution is 2.28. The number of nitrogens with zero attached hydrogens (tertiary/aromatic N) is 6. The molecular weight excluding hydrogens is 416 g/mol. The van der Waals surface area contributed by atoms with Gasteiger partial charge in [0.15, 0.2) is 5.16 Å². The van der Waals surface area contributed by atoms with Crippen LogP contribution >= 0.6 is 23.1 Å². The largest absolute Gasteiger partial charge is 0.352 e. The fraction of sp³-hybridized carbons (Fsp3) is 0.333. The number of aromatic nitrogens is 4. The summed E-state index contributed by atoms with van der Waals surface area (Å²) in [6.45, 7) is 5.93. The van der Waals surface area contributed by atoms with Crippen LogP contribution in [0.1, 0.15) is 6.92 Å². The van der Waals surface area contributed by atoms with Crippen molar-refractivity contribution in [2.75, 3.05) is 36.8 Å². The molecule has 1 aliphatic rings. The van der Waals surface area contributed by atoms with Crippen molar-refractivity contribution in [2.45, 2.75) is 18.6 Å². The predicted molar refractivity (Wildman–Crippen MR) is 122 cm³/mol. The summed E-state index contributed by atoms with van der Waals surface area (Å²) in [7, 11) is 0. The van der Waals surface area contributed by atoms with Crippen molar-refractivity contribution in [1.29, 1.82) is 0 Å². The highest BCUT2D eigenvalue weighted by molar-refractivity contribution is 7.99. The van der Waals surface area contributed by atoms with Crippen molar-refractivity contribution in [3.05, 3.63) is 42.0 Å². The van der Waals surface area contributed by atoms with Crippen LogP contribution < -0.4 is 4.90 Å². The minimum absolute atomic E-state index is 0.165. The Morgan fingerprint density at radius 1 is 1.13 bits per heavy atom. The van der Waals surface area contributed by atoms with Crippen LogP contribution in [0.5, 0.6) is 0 Å². The third kappa shape index (κ3) is 3.52. The molecule has 0 radical (unpaired) electrons. The Bertz CT molecular complexity index is 1190. The van der Waals surface area contributed by atoms with E-state index in [1.165, 1.54) is 11.8 Å². The summed E-state index contributed by atoms with van der Waals surface area (Å²) in [5, 5.41) is 4.05. The van der Waals surface area contributed by atoms with Crippen molar-refractivity contribution in [3.8, 4) is 0 Å². The number of aryl methyl sites for hydroxylation is 1. The topological polar surface area (TPSA) is 67.2 Å². The Morgan fingerprint density at radius 3 is 2.80 bits per heavy atom. The van der Waals surface area contributed by atoms with E-state index in [0.29, 0.717) is 18.8 Å². The van der Waals surface area contributed by atoms with Gasteiger partial charge in [0.25, 0.3) is 0 Å². The van der Waals surface area contributed by atoms with E-state index >= 15 is 0 Å². The first-order valence-electron chi connectivity index (χ1n) is 10.0. The third-order valence-electron chi connectivity index (χ3n) is 5.43. The van der Waals surface area contributed by atoms with Crippen molar-refractivity contribution in [1.82, 2.24) is 24.4 Å². The summed E-state index contributed by atoms with van der Waals surface area (Å²) in [4.78, 5) is 31.6. The van der Waals surface area contributed by atoms with E-state index in [1.54, 1.807) is 17.7 Å². The number of hydrogen-bond donors (Lipinski definition) is 0. The lowest BCUT2D eigenvalue weighted by molar-refractivity contribution is -0.128. The lowest BCUT2D eigenvalue weighted by atomic mass is 10.2. The summed E-state index contributed by atoms with van der Waals surface area (Å²) in [6.07, 6.45) is 1.63. The van der Waals surface area contributed by atoms with E-state index in [1.807, 2.05) is 28.5 Å². The number of amides is 1. The maximum absolute atomic E-state index is 12.8. The fourth-order valence-electron chi connectivity index (χ4n) is 3.88. The van der Waals surface area contributed by atoms with E-state index < -0.39 is 0 Å². The molecule has 3 aromatic heterocycles. The molecule has 9 heteroatoms. The molecule has 1 aromatic carbocycles. The van der Waals surface area contributed by atoms with Crippen LogP contribution in [0.3, 0.4) is 0 Å². The maximum atomic E-state index is 12.8. The molecule has 0 atom stereocenters. The predicted octanol–water partition coefficient (Wildman–Crippen LogP) is 3.50. The fourth-order valence-corrected chi connectivity index (χ4v) is 5.59. The average molecular weight is 439 g/mol. The van der Waals surface area contributed by atoms with Gasteiger partial charge in [-0.3, -0.25) is 4.79 Å². The van der Waals surface area contributed by atoms with E-state index in [9.17, 15) is 4.79 Å². The molecule has 5 rings (SSSR count). The number of thioether (sulfide) groups is 1. The third-order valence-corrected chi connectivity index (χ3v) is 7.22. The highest BCUT2D eigenvalue weighted by atomic mass is 32.2. The molecular formula is C21H22N6OS2. The number of carbonyl (C=O) groups excluding carboxylic acids is 1. The number of imidazole rings is 1. The SMILES string of the molecule is CCn1c(SCC(=O)N2CCN(c3ncnc4sccc34)CC2)nc2ccccc21. The van der Waals surface area contributed by atoms with E-state index in [0.717, 1.165) is 51.9 Å². The highest BCUT2D eigenvalue weighted by Gasteiger charge is 2.24. The number of hydrogen-bond acceptors (Lipinski definition) is 7. The second-order valence-electron chi connectivity index (χ2n) is 7.12. The molecule has 154 valence electrons. The minimum Gasteiger partial charge on any atom is -0.352 e. The first-order valence-corrected chi connectivity index (χ1v) is 11.9. The van der Waals surface area contributed by atoms with Gasteiger partial charge in [-0.05, 0) is 30.5 Å². The molecule has 0 unspecified atom stereocenters. The molecule has 4 heterocycles. The van der Waals surface area contributed by atoms with Gasteiger partial charge in [-0.25, -0.2) is 15.0 Å². The van der Waals surface area contributed by atoms with Crippen LogP contribution in [0.2, 0.25) is 0 Å². The summed E-state index contributed by atoms with van der Waals surface area (Å²) in [5.41, 5.74) is 2.10. The number of thiophene rings is 1. The average Bonchev–Trinajstić information content (AvgIpc) is 3.41. The zero-order chi connectivity index (χ0) is 20.5. The maximum Gasteiger partial charge on any atom is 0.233 e. The van der Waals surface area contributed by atoms with Gasteiger partial charge >= 0.3 is 0 Å². The van der Waals surface area contributed by atoms with Crippen molar-refractivity contribution < 1.29 is 4.79 Å². The van der Waals surface area contributed by atoms with Gasteiger partial charge in [0, 0.05) is 32.7 Å². The zero-order valence-electron chi connectivity index (χ0n) is 16.7. The van der Waals surface area contributed by atoms with Gasteiger partial charge in [-0.1, -0.05) is 23.9 Å². The quantitative estimate of drug-likeness (QED) is 0.444. The number of para-hydroxylation sites is 2. The van der Waals surface area contributed by atoms with Gasteiger partial charge in [-0.2, -0.15) is 0 Å². The molecule has 0 N–H and O–H groups in total. The van der Waals surface area contributed by atoms with Gasteiger partial charge < -0.3 is 14.4 Å². The summed E-state index contributed by atoms with van der Waals surface area (Å²) < 4.78 is 2.17. The first-order chi connectivity index (χ1) is 14.7. The molecule has 0 aliphatic carbocycles. The normalized spacial score (nSPS) is 14.7. The van der Waals surface area contributed by atoms with E-state index in [4.69, 9.17) is 4.98 Å². The number of benzene rings is 1. The van der Waals surface area contributed by atoms with E-state index in [2.05, 4.69) is 38.5 Å². The molecule has 0 spiro atoms. The Balaban J connectivity index is 1.22. The Labute approximate surface area is 182 Å². The number of rotatable bonds is 5. The lowest BCUT2D eigenvalue weighted by Gasteiger charge is -2.35. The molecule has 1 amide bonds. The molecule has 7 nitrogen and oxygen atoms in total. The molecule has 0 bridgehead atoms. The van der Waals surface area contributed by atoms with Gasteiger partial charge in [0.05, 0.1) is 22.2 Å². The molecule has 30 heavy (non-hydrogen) atoms. The summed E-state index contributed by atoms with van der Waals surface area (Å²) in [5.74, 6) is 1.54. The monoisotopic (exact) mass is 438 g/mol. The van der Waals surface area contributed by atoms with Crippen molar-refractivity contribution >= 4 is 56.1 Å². The number of fused-ring (bicyclic) bond motifs is 2. The van der Waals surface area contributed by atoms with Crippen LogP contribution in [0, 0.1) is 0 Å². The number of anilines is 1. The minimum atomic E-state index is 0.165. The van der Waals surface area contributed by atoms with Gasteiger partial charge in [-0.15, -0.1) is 11.3 Å². The van der Waals surface area contributed by atoms with E-state index in [-0.39, 0.29) is 5.91 Å². The molecule has 4 aromatic rings. The van der Waals surface area contributed by atoms with Gasteiger partial charge in [0.2, 0.25) is 5.91 Å². The second kappa shape index (κ2) is 8.23. The first kappa shape index (κ1) is 19.3. The van der Waals surface area contributed by atoms with Crippen LogP contribution in [0.4, 0.5) is 5.82 Å². The Morgan fingerprint density at radius 2 is 1.97 bits per heavy atom. The zero-order valence-corrected chi connectivity index (χ0v) is 18.3. The van der Waals surface area contributed by atoms with Crippen molar-refractivity contribution in [2.24, 2.45) is 0 Å². The molecule has 1 saturated heterocycles. The standard InChI is InChI=1S/C21H22N6OS2/c1-2-27-17-6-4-3-5-16(17)24-21(27)30-13-18(28)25-8-10-26(11-9-25)19-15-7-12-29-20(15)23-14-22-19/h3-7,12,14H,2,8-11,13H2,1H3. The summed E-state index contributed by atoms with van der Waals surface area (Å²) >= 11 is 3.15. The second-order valence-corrected chi connectivity index (χ2v) is 8.96. The lowest BCUT2D eigenvalue weighted by Crippen LogP contribution is -2.49. The van der Waals surface area contributed by atoms with Crippen molar-refractivity contribution in [3.63, 3.8) is 0 Å². The van der Waals surface area contributed by atoms with Gasteiger partial charge in [0.1, 0.15) is 17.0 Å². The number of piperazine rings is 1. The molecule has 1 fully saturated rings. The van der Waals surface area contributed by atoms with Crippen LogP contribution in [0.25, 0.3) is 21.3 Å². The Kier molecular flexibility index (Phi) is 5.30. The van der Waals surface area contributed by atoms with Crippen LogP contribution in [-0.2, 0) is 11.3 Å². The van der Waals surface area contributed by atoms with Crippen LogP contribution in [-0.4, -0.2) is 62.3 Å². The number of carbonyl (C=O) groups is 1.